The predicted molar refractivity (Wildman–Crippen MR) is 158 cm³/mol. The molecular formula is C29H38N4O5S2. The van der Waals surface area contributed by atoms with Crippen LogP contribution in [0.2, 0.25) is 0 Å². The van der Waals surface area contributed by atoms with Gasteiger partial charge in [0.05, 0.1) is 34.9 Å². The first-order valence-electron chi connectivity index (χ1n) is 14.1. The monoisotopic (exact) mass is 586 g/mol. The number of aromatic nitrogens is 1. The quantitative estimate of drug-likeness (QED) is 0.342. The highest BCUT2D eigenvalue weighted by atomic mass is 32.2. The zero-order valence-corrected chi connectivity index (χ0v) is 24.9. The van der Waals surface area contributed by atoms with Gasteiger partial charge >= 0.3 is 0 Å². The van der Waals surface area contributed by atoms with Gasteiger partial charge in [-0.15, -0.1) is 0 Å². The Morgan fingerprint density at radius 3 is 2.62 bits per heavy atom. The maximum atomic E-state index is 13.9. The summed E-state index contributed by atoms with van der Waals surface area (Å²) in [4.78, 5) is 22.9. The summed E-state index contributed by atoms with van der Waals surface area (Å²) in [5.41, 5.74) is 1.25. The standard InChI is InChI=1S/C29H38N4O5S2/c1-3-38-24-10-13-26-27(21-24)39-29(30-26)32(15-6-14-31-17-19-37-20-18-31)28(34)23-8-11-25(12-9-23)40(35,36)33-16-5-4-7-22(33)2/h8-13,21-22H,3-7,14-20H2,1-2H3. The van der Waals surface area contributed by atoms with Gasteiger partial charge in [0.2, 0.25) is 10.0 Å². The second kappa shape index (κ2) is 12.9. The number of morpholine rings is 1. The van der Waals surface area contributed by atoms with Crippen LogP contribution in [0.4, 0.5) is 5.13 Å². The molecule has 0 aliphatic carbocycles. The summed E-state index contributed by atoms with van der Waals surface area (Å²) in [6.07, 6.45) is 3.56. The van der Waals surface area contributed by atoms with E-state index in [0.717, 1.165) is 74.5 Å². The lowest BCUT2D eigenvalue weighted by Gasteiger charge is -2.32. The van der Waals surface area contributed by atoms with E-state index < -0.39 is 10.0 Å². The molecule has 3 aromatic rings. The second-order valence-corrected chi connectivity index (χ2v) is 13.2. The molecule has 1 aromatic heterocycles. The lowest BCUT2D eigenvalue weighted by molar-refractivity contribution is 0.0376. The van der Waals surface area contributed by atoms with Gasteiger partial charge in [-0.3, -0.25) is 14.6 Å². The summed E-state index contributed by atoms with van der Waals surface area (Å²) >= 11 is 1.46. The summed E-state index contributed by atoms with van der Waals surface area (Å²) in [6, 6.07) is 12.1. The molecule has 0 bridgehead atoms. The van der Waals surface area contributed by atoms with E-state index in [4.69, 9.17) is 14.5 Å². The summed E-state index contributed by atoms with van der Waals surface area (Å²) in [6.45, 7) is 9.61. The fourth-order valence-corrected chi connectivity index (χ4v) is 8.03. The van der Waals surface area contributed by atoms with Gasteiger partial charge in [-0.25, -0.2) is 13.4 Å². The Hall–Kier alpha value is -2.57. The number of nitrogens with zero attached hydrogens (tertiary/aromatic N) is 4. The van der Waals surface area contributed by atoms with Crippen LogP contribution in [0.5, 0.6) is 5.75 Å². The van der Waals surface area contributed by atoms with E-state index in [1.165, 1.54) is 11.3 Å². The SMILES string of the molecule is CCOc1ccc2nc(N(CCCN3CCOCC3)C(=O)c3ccc(S(=O)(=O)N4CCCCC4C)cc3)sc2c1. The number of rotatable bonds is 10. The molecule has 40 heavy (non-hydrogen) atoms. The minimum atomic E-state index is -3.61. The Morgan fingerprint density at radius 2 is 1.90 bits per heavy atom. The summed E-state index contributed by atoms with van der Waals surface area (Å²) in [7, 11) is -3.61. The molecule has 2 saturated heterocycles. The van der Waals surface area contributed by atoms with Gasteiger partial charge in [0.25, 0.3) is 5.91 Å². The number of hydrogen-bond donors (Lipinski definition) is 0. The first-order valence-corrected chi connectivity index (χ1v) is 16.4. The first-order chi connectivity index (χ1) is 19.4. The highest BCUT2D eigenvalue weighted by Gasteiger charge is 2.31. The van der Waals surface area contributed by atoms with Crippen LogP contribution in [-0.2, 0) is 14.8 Å². The highest BCUT2D eigenvalue weighted by Crippen LogP contribution is 2.33. The number of piperidine rings is 1. The van der Waals surface area contributed by atoms with E-state index in [2.05, 4.69) is 4.90 Å². The van der Waals surface area contributed by atoms with Crippen molar-refractivity contribution in [1.29, 1.82) is 0 Å². The number of carbonyl (C=O) groups is 1. The van der Waals surface area contributed by atoms with E-state index >= 15 is 0 Å². The Morgan fingerprint density at radius 1 is 1.12 bits per heavy atom. The maximum Gasteiger partial charge on any atom is 0.260 e. The van der Waals surface area contributed by atoms with Crippen molar-refractivity contribution in [3.63, 3.8) is 0 Å². The van der Waals surface area contributed by atoms with Crippen LogP contribution in [0.3, 0.4) is 0 Å². The van der Waals surface area contributed by atoms with Gasteiger partial charge in [-0.1, -0.05) is 17.8 Å². The van der Waals surface area contributed by atoms with E-state index in [9.17, 15) is 13.2 Å². The Kier molecular flexibility index (Phi) is 9.37. The average Bonchev–Trinajstić information content (AvgIpc) is 3.39. The maximum absolute atomic E-state index is 13.9. The topological polar surface area (TPSA) is 92.3 Å². The zero-order chi connectivity index (χ0) is 28.1. The molecule has 9 nitrogen and oxygen atoms in total. The van der Waals surface area contributed by atoms with Gasteiger partial charge in [0.1, 0.15) is 5.75 Å². The second-order valence-electron chi connectivity index (χ2n) is 10.3. The van der Waals surface area contributed by atoms with Crippen LogP contribution in [0, 0.1) is 0 Å². The molecule has 2 aliphatic rings. The number of sulfonamides is 1. The number of carbonyl (C=O) groups excluding carboxylic acids is 1. The molecule has 1 unspecified atom stereocenters. The summed E-state index contributed by atoms with van der Waals surface area (Å²) in [5.74, 6) is 0.580. The highest BCUT2D eigenvalue weighted by molar-refractivity contribution is 7.89. The molecule has 0 spiro atoms. The minimum Gasteiger partial charge on any atom is -0.494 e. The van der Waals surface area contributed by atoms with Crippen molar-refractivity contribution < 1.29 is 22.7 Å². The van der Waals surface area contributed by atoms with Gasteiger partial charge in [-0.2, -0.15) is 4.31 Å². The lowest BCUT2D eigenvalue weighted by atomic mass is 10.1. The number of amides is 1. The van der Waals surface area contributed by atoms with Crippen LogP contribution in [0.25, 0.3) is 10.2 Å². The average molecular weight is 587 g/mol. The molecule has 11 heteroatoms. The molecule has 216 valence electrons. The van der Waals surface area contributed by atoms with Crippen LogP contribution in [0.15, 0.2) is 47.4 Å². The fraction of sp³-hybridized carbons (Fsp3) is 0.517. The van der Waals surface area contributed by atoms with Crippen LogP contribution >= 0.6 is 11.3 Å². The molecule has 0 N–H and O–H groups in total. The number of ether oxygens (including phenoxy) is 2. The molecule has 2 aromatic carbocycles. The van der Waals surface area contributed by atoms with Gasteiger partial charge < -0.3 is 9.47 Å². The summed E-state index contributed by atoms with van der Waals surface area (Å²) in [5, 5.41) is 0.620. The largest absolute Gasteiger partial charge is 0.494 e. The zero-order valence-electron chi connectivity index (χ0n) is 23.3. The Bertz CT molecular complexity index is 1400. The molecule has 5 rings (SSSR count). The Labute approximate surface area is 240 Å². The number of anilines is 1. The van der Waals surface area contributed by atoms with Crippen molar-refractivity contribution in [3.8, 4) is 5.75 Å². The number of hydrogen-bond acceptors (Lipinski definition) is 8. The van der Waals surface area contributed by atoms with E-state index in [1.54, 1.807) is 33.5 Å². The summed E-state index contributed by atoms with van der Waals surface area (Å²) < 4.78 is 40.2. The lowest BCUT2D eigenvalue weighted by Crippen LogP contribution is -2.41. The van der Waals surface area contributed by atoms with Crippen molar-refractivity contribution in [2.45, 2.75) is 50.5 Å². The van der Waals surface area contributed by atoms with Crippen LogP contribution in [0.1, 0.15) is 49.9 Å². The molecule has 0 radical (unpaired) electrons. The minimum absolute atomic E-state index is 0.0238. The third-order valence-corrected chi connectivity index (χ3v) is 10.6. The van der Waals surface area contributed by atoms with Crippen LogP contribution < -0.4 is 9.64 Å². The fourth-order valence-electron chi connectivity index (χ4n) is 5.32. The predicted octanol–water partition coefficient (Wildman–Crippen LogP) is 4.63. The number of benzene rings is 2. The van der Waals surface area contributed by atoms with Gasteiger partial charge in [0.15, 0.2) is 5.13 Å². The molecular weight excluding hydrogens is 548 g/mol. The smallest absolute Gasteiger partial charge is 0.260 e. The number of fused-ring (bicyclic) bond motifs is 1. The van der Waals surface area contributed by atoms with Crippen molar-refractivity contribution in [2.24, 2.45) is 0 Å². The molecule has 0 saturated carbocycles. The molecule has 2 fully saturated rings. The Balaban J connectivity index is 1.38. The van der Waals surface area contributed by atoms with Crippen molar-refractivity contribution in [3.05, 3.63) is 48.0 Å². The molecule has 1 amide bonds. The third kappa shape index (κ3) is 6.49. The van der Waals surface area contributed by atoms with E-state index in [0.29, 0.717) is 30.4 Å². The number of thiazole rings is 1. The van der Waals surface area contributed by atoms with Gasteiger partial charge in [-0.05, 0) is 75.6 Å². The molecule has 1 atom stereocenters. The molecule has 3 heterocycles. The van der Waals surface area contributed by atoms with Crippen molar-refractivity contribution >= 4 is 42.6 Å². The van der Waals surface area contributed by atoms with E-state index in [1.807, 2.05) is 32.0 Å². The van der Waals surface area contributed by atoms with Gasteiger partial charge in [0, 0.05) is 44.3 Å². The molecule has 2 aliphatic heterocycles. The first kappa shape index (κ1) is 28.9. The van der Waals surface area contributed by atoms with E-state index in [-0.39, 0.29) is 16.8 Å². The third-order valence-electron chi connectivity index (χ3n) is 7.55. The van der Waals surface area contributed by atoms with Crippen molar-refractivity contribution in [1.82, 2.24) is 14.2 Å². The normalized spacial score (nSPS) is 19.1. The van der Waals surface area contributed by atoms with Crippen molar-refractivity contribution in [2.75, 3.05) is 57.4 Å². The van der Waals surface area contributed by atoms with Crippen LogP contribution in [-0.4, -0.2) is 87.1 Å².